The fraction of sp³-hybridized carbons (Fsp3) is 0.750. The van der Waals surface area contributed by atoms with Crippen LogP contribution in [0, 0.1) is 132 Å². The normalized spacial score (nSPS) is 21.7. The summed E-state index contributed by atoms with van der Waals surface area (Å²) < 4.78 is 19.7. The molecule has 2 heterocycles. The van der Waals surface area contributed by atoms with Gasteiger partial charge in [0.05, 0.1) is 60.3 Å². The third kappa shape index (κ3) is 46.5. The van der Waals surface area contributed by atoms with Gasteiger partial charge in [0.25, 0.3) is 11.8 Å². The first kappa shape index (κ1) is 127. The van der Waals surface area contributed by atoms with E-state index in [0.717, 1.165) is 48.0 Å². The summed E-state index contributed by atoms with van der Waals surface area (Å²) in [6, 6.07) is 9.38. The molecule has 12 unspecified atom stereocenters. The largest absolute Gasteiger partial charge is 0.444 e. The number of amides is 4. The monoisotopic (exact) mass is 1870 g/mol. The number of imide groups is 1. The maximum Gasteiger partial charge on any atom is 0.407 e. The number of aliphatic hydroxyl groups is 4. The van der Waals surface area contributed by atoms with E-state index in [1.807, 2.05) is 143 Å². The predicted octanol–water partition coefficient (Wildman–Crippen LogP) is 22.6. The standard InChI is InChI=1S/C19H26ClFN4O2.C17H21NO2.C9H19N.2C9H18O.C8H17NO.C8H16O.2C8H14O.C7H13NO.C6H13NO2/c1-10(23-17(26)27-18(2,3)4)14(12-8-19(12,5)6)24-16-13(21)7-11(9-22)15(20)25-16;1-10(2)14(13-9-17(13,3)4)18-15(19)11-7-5-6-8-12(11)16(18)20;3*1-6(2)8(10)7-5-9(7,3)4;1-5(9)7(10)6-4-8(6,2)3;3*1-6(2)5-8(9)7(3)4;1-5(2)4-7(9)6(3)8;1-5(2)6(8)7(3)9-4/h7,10,12,14H,8H2,1-6H3,(H,23,26)(H,24,25);5-8,10,13-14H,9H2,1-4H3;6-8H,5,10H2,1-4H3;2*6-8,10H,5H2,1-4H3;5-7,10H,4,9H2,1-3H3;5,7-9H,1-4H3;2*5,7H,1-4H3;4,6H,8H2,1-3H3;5H,1-4H3/t10-,12?,14-;;;;;5-,6?,7?;;;;6-;/m0....0...0./s1. The number of anilines is 1. The molecule has 6 aliphatic carbocycles. The van der Waals surface area contributed by atoms with E-state index < -0.39 is 17.5 Å². The van der Waals surface area contributed by atoms with Gasteiger partial charge in [0.1, 0.15) is 16.8 Å². The summed E-state index contributed by atoms with van der Waals surface area (Å²) in [5, 5.41) is 53.9. The summed E-state index contributed by atoms with van der Waals surface area (Å²) in [6.07, 6.45) is 12.4. The van der Waals surface area contributed by atoms with Gasteiger partial charge in [0.2, 0.25) is 5.91 Å². The van der Waals surface area contributed by atoms with Gasteiger partial charge >= 0.3 is 6.09 Å². The number of ether oxygens (including phenoxy) is 1. The van der Waals surface area contributed by atoms with Crippen LogP contribution in [0.4, 0.5) is 15.0 Å². The van der Waals surface area contributed by atoms with E-state index in [2.05, 4.69) is 159 Å². The summed E-state index contributed by atoms with van der Waals surface area (Å²) in [5.74, 6) is 4.86. The van der Waals surface area contributed by atoms with Crippen LogP contribution in [-0.2, 0) is 28.8 Å². The Kier molecular flexibility index (Phi) is 53.2. The van der Waals surface area contributed by atoms with Crippen molar-refractivity contribution in [2.45, 2.75) is 396 Å². The zero-order chi connectivity index (χ0) is 104. The first-order valence-electron chi connectivity index (χ1n) is 48.2. The number of hydrogen-bond donors (Lipinski definition) is 9. The van der Waals surface area contributed by atoms with E-state index in [9.17, 15) is 58.4 Å². The van der Waals surface area contributed by atoms with Gasteiger partial charge in [-0.3, -0.25) is 38.5 Å². The minimum absolute atomic E-state index is 0.00231. The molecule has 0 spiro atoms. The maximum absolute atomic E-state index is 14.4. The Bertz CT molecular complexity index is 3880. The maximum atomic E-state index is 14.4. The molecule has 132 heavy (non-hydrogen) atoms. The average Bonchev–Trinajstić information content (AvgIpc) is 1.58. The Balaban J connectivity index is 0. The van der Waals surface area contributed by atoms with Gasteiger partial charge in [-0.2, -0.15) is 5.26 Å². The molecule has 6 fully saturated rings. The highest BCUT2D eigenvalue weighted by Gasteiger charge is 2.57. The molecule has 758 valence electrons. The molecule has 22 nitrogen and oxygen atoms in total. The van der Waals surface area contributed by atoms with Gasteiger partial charge < -0.3 is 53.0 Å². The molecule has 6 saturated carbocycles. The van der Waals surface area contributed by atoms with E-state index in [-0.39, 0.29) is 147 Å². The third-order valence-electron chi connectivity index (χ3n) is 25.3. The molecule has 1 aliphatic heterocycles. The van der Waals surface area contributed by atoms with Crippen LogP contribution in [0.1, 0.15) is 356 Å². The number of allylic oxidation sites excluding steroid dienone is 6. The lowest BCUT2D eigenvalue weighted by Crippen LogP contribution is -2.48. The van der Waals surface area contributed by atoms with Crippen LogP contribution in [0.3, 0.4) is 0 Å². The lowest BCUT2D eigenvalue weighted by atomic mass is 9.93. The molecule has 2 aromatic rings. The second kappa shape index (κ2) is 55.1. The number of benzene rings is 1. The number of rotatable bonds is 26. The fourth-order valence-corrected chi connectivity index (χ4v) is 15.3. The minimum atomic E-state index is -0.663. The smallest absolute Gasteiger partial charge is 0.407 e. The number of nitrogens with two attached hydrogens (primary N) is 3. The number of carbonyl (C=O) groups is 7. The Morgan fingerprint density at radius 2 is 0.894 bits per heavy atom. The number of nitrogens with one attached hydrogen (secondary N) is 2. The molecule has 16 atom stereocenters. The SMILES string of the molecule is CC(C)=CC(=O)C(C)C.CC(C)=CC(=O)C(C)C.CC(C)=CC(=O)[C@H](C)N.CC(C)=CC(O)C(C)C.CC(C)C(C1CC1(C)C)N1C(=O)c2ccccc2C1=O.CC(C)C(N)C1CC1(C)C.CC(C)C(O)C1CC1(C)C.CC(C)C(O)C1CC1(C)C.CON(C)C(=O)C(C)C.C[C@H](N)C(O)C1CC1(C)C.C[C@H](NC(=O)OC(C)(C)C)[C@H](Nc1nc(Cl)c(C#N)cc1F)C1CC1(C)C. The molecule has 24 heteroatoms. The first-order valence-corrected chi connectivity index (χ1v) is 48.6. The molecule has 7 aliphatic rings. The van der Waals surface area contributed by atoms with Crippen molar-refractivity contribution in [2.24, 2.45) is 133 Å². The van der Waals surface area contributed by atoms with Crippen molar-refractivity contribution in [3.63, 3.8) is 0 Å². The Morgan fingerprint density at radius 3 is 1.10 bits per heavy atom. The van der Waals surface area contributed by atoms with E-state index in [4.69, 9.17) is 38.8 Å². The number of pyridine rings is 1. The van der Waals surface area contributed by atoms with Crippen LogP contribution in [0.15, 0.2) is 76.9 Å². The number of aromatic nitrogens is 1. The van der Waals surface area contributed by atoms with Crippen LogP contribution < -0.4 is 27.8 Å². The Morgan fingerprint density at radius 1 is 0.545 bits per heavy atom. The number of hydrogen-bond acceptors (Lipinski definition) is 19. The van der Waals surface area contributed by atoms with Crippen molar-refractivity contribution in [3.05, 3.63) is 105 Å². The van der Waals surface area contributed by atoms with Gasteiger partial charge in [-0.15, -0.1) is 0 Å². The average molecular weight is 1880 g/mol. The van der Waals surface area contributed by atoms with Gasteiger partial charge in [-0.05, 0) is 269 Å². The molecule has 9 rings (SSSR count). The second-order valence-electron chi connectivity index (χ2n) is 46.7. The number of nitrogens with zero attached hydrogens (tertiary/aromatic N) is 4. The van der Waals surface area contributed by atoms with Gasteiger partial charge in [0, 0.05) is 49.0 Å². The lowest BCUT2D eigenvalue weighted by Gasteiger charge is -2.31. The fourth-order valence-electron chi connectivity index (χ4n) is 15.1. The van der Waals surface area contributed by atoms with Crippen LogP contribution in [0.5, 0.6) is 0 Å². The second-order valence-corrected chi connectivity index (χ2v) is 47.0. The third-order valence-corrected chi connectivity index (χ3v) is 25.6. The first-order chi connectivity index (χ1) is 59.7. The molecule has 0 bridgehead atoms. The number of nitriles is 1. The highest BCUT2D eigenvalue weighted by Crippen LogP contribution is 2.59. The summed E-state index contributed by atoms with van der Waals surface area (Å²) in [7, 11) is 3.07. The number of halogens is 2. The highest BCUT2D eigenvalue weighted by molar-refractivity contribution is 6.30. The van der Waals surface area contributed by atoms with E-state index in [1.165, 1.54) is 41.9 Å². The number of aliphatic hydroxyl groups excluding tert-OH is 4. The number of ketones is 3. The molecule has 0 radical (unpaired) electrons. The van der Waals surface area contributed by atoms with Crippen LogP contribution >= 0.6 is 11.6 Å². The minimum Gasteiger partial charge on any atom is -0.444 e. The molecular weight excluding hydrogens is 1690 g/mol. The quantitative estimate of drug-likeness (QED) is 0.0139. The van der Waals surface area contributed by atoms with Crippen molar-refractivity contribution < 1.29 is 68.0 Å². The number of carbonyl (C=O) groups excluding carboxylic acids is 7. The highest BCUT2D eigenvalue weighted by atomic mass is 35.5. The van der Waals surface area contributed by atoms with Gasteiger partial charge in [-0.25, -0.2) is 19.2 Å². The van der Waals surface area contributed by atoms with E-state index in [0.29, 0.717) is 86.2 Å². The molecule has 12 N–H and O–H groups in total. The zero-order valence-electron chi connectivity index (χ0n) is 90.5. The van der Waals surface area contributed by atoms with Crippen molar-refractivity contribution in [3.8, 4) is 6.07 Å². The lowest BCUT2D eigenvalue weighted by molar-refractivity contribution is -0.172. The summed E-state index contributed by atoms with van der Waals surface area (Å²) in [5.41, 5.74) is 23.7. The number of hydroxylamine groups is 2. The number of alkyl carbamates (subject to hydrolysis) is 1. The molecular formula is C108H189ClFN9O13. The summed E-state index contributed by atoms with van der Waals surface area (Å²) in [6.45, 7) is 84.9. The van der Waals surface area contributed by atoms with Crippen molar-refractivity contribution in [2.75, 3.05) is 19.5 Å². The van der Waals surface area contributed by atoms with Gasteiger partial charge in [0.15, 0.2) is 29.0 Å². The van der Waals surface area contributed by atoms with E-state index in [1.54, 1.807) is 71.2 Å². The summed E-state index contributed by atoms with van der Waals surface area (Å²) >= 11 is 5.94. The summed E-state index contributed by atoms with van der Waals surface area (Å²) in [4.78, 5) is 90.9. The zero-order valence-corrected chi connectivity index (χ0v) is 91.3. The molecule has 4 amide bonds. The Labute approximate surface area is 805 Å². The van der Waals surface area contributed by atoms with Crippen molar-refractivity contribution in [1.82, 2.24) is 20.3 Å². The van der Waals surface area contributed by atoms with Crippen molar-refractivity contribution >= 4 is 58.6 Å². The number of fused-ring (bicyclic) bond motifs is 1. The molecule has 1 aromatic heterocycles. The molecule has 0 saturated heterocycles. The van der Waals surface area contributed by atoms with E-state index >= 15 is 0 Å². The van der Waals surface area contributed by atoms with Crippen LogP contribution in [-0.4, -0.2) is 157 Å². The van der Waals surface area contributed by atoms with Crippen LogP contribution in [0.25, 0.3) is 0 Å². The van der Waals surface area contributed by atoms with Gasteiger partial charge in [-0.1, -0.05) is 246 Å². The Hall–Kier alpha value is -6.59. The molecule has 1 aromatic carbocycles. The predicted molar refractivity (Wildman–Crippen MR) is 543 cm³/mol. The van der Waals surface area contributed by atoms with Crippen molar-refractivity contribution in [1.29, 1.82) is 5.26 Å². The topological polar surface area (TPSA) is 364 Å². The van der Waals surface area contributed by atoms with Crippen LogP contribution in [0.2, 0.25) is 5.15 Å².